The van der Waals surface area contributed by atoms with Crippen molar-refractivity contribution in [2.45, 2.75) is 31.8 Å². The zero-order chi connectivity index (χ0) is 22.9. The van der Waals surface area contributed by atoms with E-state index < -0.39 is 0 Å². The number of ether oxygens (including phenoxy) is 1. The summed E-state index contributed by atoms with van der Waals surface area (Å²) in [6.07, 6.45) is 2.64. The molecule has 2 aliphatic rings. The predicted octanol–water partition coefficient (Wildman–Crippen LogP) is 4.45. The van der Waals surface area contributed by atoms with Gasteiger partial charge in [0.25, 0.3) is 5.91 Å². The van der Waals surface area contributed by atoms with Crippen molar-refractivity contribution in [2.75, 3.05) is 25.5 Å². The van der Waals surface area contributed by atoms with E-state index in [-0.39, 0.29) is 23.8 Å². The Kier molecular flexibility index (Phi) is 6.00. The quantitative estimate of drug-likeness (QED) is 0.536. The summed E-state index contributed by atoms with van der Waals surface area (Å²) in [5.74, 6) is 1.05. The lowest BCUT2D eigenvalue weighted by molar-refractivity contribution is -0.117. The molecule has 5 rings (SSSR count). The van der Waals surface area contributed by atoms with Crippen molar-refractivity contribution in [3.8, 4) is 5.75 Å². The van der Waals surface area contributed by atoms with Crippen molar-refractivity contribution in [1.82, 2.24) is 10.2 Å². The smallest absolute Gasteiger partial charge is 0.255 e. The molecular weight excluding hydrogens is 442 g/mol. The van der Waals surface area contributed by atoms with E-state index in [4.69, 9.17) is 20.8 Å². The van der Waals surface area contributed by atoms with Gasteiger partial charge in [-0.05, 0) is 37.5 Å². The van der Waals surface area contributed by atoms with Crippen LogP contribution < -0.4 is 15.4 Å². The maximum Gasteiger partial charge on any atom is 0.255 e. The standard InChI is InChI=1S/C25H26ClN3O4/c1-32-23-12-21(28-24(30)15-6-7-15)20(26)11-19(23)25(31)27-17-8-9-29(13-17)14-18-10-16-4-2-3-5-22(16)33-18/h2-5,10-12,15,17H,6-9,13-14H2,1H3,(H,27,31)(H,28,30)/t17-/m0/s1. The highest BCUT2D eigenvalue weighted by Crippen LogP contribution is 2.34. The largest absolute Gasteiger partial charge is 0.496 e. The van der Waals surface area contributed by atoms with Gasteiger partial charge in [-0.1, -0.05) is 29.8 Å². The molecule has 33 heavy (non-hydrogen) atoms. The van der Waals surface area contributed by atoms with Crippen LogP contribution in [-0.2, 0) is 11.3 Å². The van der Waals surface area contributed by atoms with Crippen molar-refractivity contribution in [2.24, 2.45) is 5.92 Å². The molecule has 7 nitrogen and oxygen atoms in total. The van der Waals surface area contributed by atoms with Crippen molar-refractivity contribution in [3.05, 3.63) is 58.8 Å². The number of nitrogens with one attached hydrogen (secondary N) is 2. The number of furan rings is 1. The lowest BCUT2D eigenvalue weighted by atomic mass is 10.1. The van der Waals surface area contributed by atoms with Gasteiger partial charge in [-0.15, -0.1) is 0 Å². The third-order valence-electron chi connectivity index (χ3n) is 6.20. The van der Waals surface area contributed by atoms with Crippen LogP contribution in [0.5, 0.6) is 5.75 Å². The molecule has 1 aliphatic carbocycles. The molecule has 0 radical (unpaired) electrons. The summed E-state index contributed by atoms with van der Waals surface area (Å²) in [5, 5.41) is 7.32. The summed E-state index contributed by atoms with van der Waals surface area (Å²) in [4.78, 5) is 27.3. The van der Waals surface area contributed by atoms with Gasteiger partial charge in [-0.3, -0.25) is 14.5 Å². The number of likely N-dealkylation sites (tertiary alicyclic amines) is 1. The number of rotatable bonds is 7. The SMILES string of the molecule is COc1cc(NC(=O)C2CC2)c(Cl)cc1C(=O)N[C@H]1CCN(Cc2cc3ccccc3o2)C1. The Balaban J connectivity index is 1.22. The first-order valence-corrected chi connectivity index (χ1v) is 11.6. The first kappa shape index (κ1) is 21.8. The van der Waals surface area contributed by atoms with Crippen molar-refractivity contribution in [3.63, 3.8) is 0 Å². The van der Waals surface area contributed by atoms with Crippen LogP contribution >= 0.6 is 11.6 Å². The van der Waals surface area contributed by atoms with Gasteiger partial charge in [0, 0.05) is 36.5 Å². The zero-order valence-corrected chi connectivity index (χ0v) is 19.2. The maximum absolute atomic E-state index is 13.0. The van der Waals surface area contributed by atoms with E-state index in [0.717, 1.165) is 49.1 Å². The average Bonchev–Trinajstić information content (AvgIpc) is 3.45. The summed E-state index contributed by atoms with van der Waals surface area (Å²) >= 11 is 6.37. The average molecular weight is 468 g/mol. The Labute approximate surface area is 197 Å². The summed E-state index contributed by atoms with van der Waals surface area (Å²) in [6.45, 7) is 2.30. The van der Waals surface area contributed by atoms with E-state index in [9.17, 15) is 9.59 Å². The Morgan fingerprint density at radius 2 is 2.00 bits per heavy atom. The molecule has 2 fully saturated rings. The molecule has 0 unspecified atom stereocenters. The maximum atomic E-state index is 13.0. The van der Waals surface area contributed by atoms with Crippen molar-refractivity contribution in [1.29, 1.82) is 0 Å². The predicted molar refractivity (Wildman–Crippen MR) is 127 cm³/mol. The molecular formula is C25H26ClN3O4. The highest BCUT2D eigenvalue weighted by Gasteiger charge is 2.31. The summed E-state index contributed by atoms with van der Waals surface area (Å²) in [7, 11) is 1.50. The van der Waals surface area contributed by atoms with Crippen LogP contribution in [0, 0.1) is 5.92 Å². The molecule has 1 saturated heterocycles. The van der Waals surface area contributed by atoms with Gasteiger partial charge in [0.15, 0.2) is 0 Å². The van der Waals surface area contributed by atoms with Crippen LogP contribution in [0.1, 0.15) is 35.4 Å². The van der Waals surface area contributed by atoms with Crippen molar-refractivity contribution < 1.29 is 18.7 Å². The first-order chi connectivity index (χ1) is 16.0. The molecule has 0 spiro atoms. The van der Waals surface area contributed by atoms with Gasteiger partial charge in [-0.25, -0.2) is 0 Å². The number of benzene rings is 2. The molecule has 1 atom stereocenters. The number of fused-ring (bicyclic) bond motifs is 1. The summed E-state index contributed by atoms with van der Waals surface area (Å²) in [6, 6.07) is 13.2. The van der Waals surface area contributed by atoms with Crippen LogP contribution in [0.25, 0.3) is 11.0 Å². The molecule has 1 saturated carbocycles. The number of anilines is 1. The normalized spacial score (nSPS) is 18.4. The second-order valence-electron chi connectivity index (χ2n) is 8.74. The number of methoxy groups -OCH3 is 1. The minimum Gasteiger partial charge on any atom is -0.496 e. The lowest BCUT2D eigenvalue weighted by Gasteiger charge is -2.17. The monoisotopic (exact) mass is 467 g/mol. The third kappa shape index (κ3) is 4.84. The minimum absolute atomic E-state index is 0.0135. The number of halogens is 1. The molecule has 3 aromatic rings. The van der Waals surface area contributed by atoms with Gasteiger partial charge in [0.1, 0.15) is 17.1 Å². The van der Waals surface area contributed by atoms with E-state index in [1.165, 1.54) is 7.11 Å². The molecule has 1 aliphatic heterocycles. The number of nitrogens with zero attached hydrogens (tertiary/aromatic N) is 1. The fourth-order valence-corrected chi connectivity index (χ4v) is 4.48. The fourth-order valence-electron chi connectivity index (χ4n) is 4.27. The van der Waals surface area contributed by atoms with E-state index in [2.05, 4.69) is 21.6 Å². The van der Waals surface area contributed by atoms with Gasteiger partial charge in [-0.2, -0.15) is 0 Å². The van der Waals surface area contributed by atoms with Crippen LogP contribution in [0.3, 0.4) is 0 Å². The summed E-state index contributed by atoms with van der Waals surface area (Å²) < 4.78 is 11.3. The van der Waals surface area contributed by atoms with E-state index in [0.29, 0.717) is 28.6 Å². The number of hydrogen-bond acceptors (Lipinski definition) is 5. The highest BCUT2D eigenvalue weighted by molar-refractivity contribution is 6.34. The molecule has 2 aromatic carbocycles. The van der Waals surface area contributed by atoms with Crippen LogP contribution in [0.2, 0.25) is 5.02 Å². The topological polar surface area (TPSA) is 83.8 Å². The van der Waals surface area contributed by atoms with Crippen LogP contribution in [-0.4, -0.2) is 43.0 Å². The number of carbonyl (C=O) groups is 2. The number of hydrogen-bond donors (Lipinski definition) is 2. The second kappa shape index (κ2) is 9.08. The minimum atomic E-state index is -0.246. The highest BCUT2D eigenvalue weighted by atomic mass is 35.5. The lowest BCUT2D eigenvalue weighted by Crippen LogP contribution is -2.37. The van der Waals surface area contributed by atoms with Gasteiger partial charge in [0.2, 0.25) is 5.91 Å². The Bertz CT molecular complexity index is 1170. The van der Waals surface area contributed by atoms with Crippen LogP contribution in [0.4, 0.5) is 5.69 Å². The zero-order valence-electron chi connectivity index (χ0n) is 18.4. The molecule has 2 heterocycles. The van der Waals surface area contributed by atoms with Crippen molar-refractivity contribution >= 4 is 40.1 Å². The van der Waals surface area contributed by atoms with Gasteiger partial charge < -0.3 is 19.8 Å². The molecule has 1 aromatic heterocycles. The molecule has 8 heteroatoms. The molecule has 2 amide bonds. The Morgan fingerprint density at radius 1 is 1.18 bits per heavy atom. The summed E-state index contributed by atoms with van der Waals surface area (Å²) in [5.41, 5.74) is 1.69. The second-order valence-corrected chi connectivity index (χ2v) is 9.15. The molecule has 172 valence electrons. The molecule has 2 N–H and O–H groups in total. The fraction of sp³-hybridized carbons (Fsp3) is 0.360. The van der Waals surface area contributed by atoms with Gasteiger partial charge >= 0.3 is 0 Å². The third-order valence-corrected chi connectivity index (χ3v) is 6.52. The Hall–Kier alpha value is -3.03. The van der Waals surface area contributed by atoms with E-state index >= 15 is 0 Å². The number of para-hydroxylation sites is 1. The first-order valence-electron chi connectivity index (χ1n) is 11.2. The number of amides is 2. The van der Waals surface area contributed by atoms with Gasteiger partial charge in [0.05, 0.1) is 29.9 Å². The molecule has 0 bridgehead atoms. The Morgan fingerprint density at radius 3 is 2.76 bits per heavy atom. The van der Waals surface area contributed by atoms with E-state index in [1.807, 2.05) is 24.3 Å². The van der Waals surface area contributed by atoms with E-state index in [1.54, 1.807) is 12.1 Å². The van der Waals surface area contributed by atoms with Crippen LogP contribution in [0.15, 0.2) is 46.9 Å². The number of carbonyl (C=O) groups excluding carboxylic acids is 2.